The number of sulfone groups is 1. The van der Waals surface area contributed by atoms with E-state index < -0.39 is 20.7 Å². The van der Waals surface area contributed by atoms with E-state index in [1.165, 1.54) is 12.1 Å². The number of nitrogens with zero attached hydrogens (tertiary/aromatic N) is 2. The van der Waals surface area contributed by atoms with Crippen LogP contribution in [0.15, 0.2) is 57.8 Å². The number of thiazole rings is 1. The van der Waals surface area contributed by atoms with Crippen molar-refractivity contribution in [3.63, 3.8) is 0 Å². The first-order valence-corrected chi connectivity index (χ1v) is 10.5. The van der Waals surface area contributed by atoms with Crippen LogP contribution in [0.5, 0.6) is 0 Å². The number of anilines is 1. The molecule has 0 atom stereocenters. The molecule has 0 aliphatic heterocycles. The highest BCUT2D eigenvalue weighted by molar-refractivity contribution is 7.93. The summed E-state index contributed by atoms with van der Waals surface area (Å²) in [5.41, 5.74) is -0.186. The predicted molar refractivity (Wildman–Crippen MR) is 105 cm³/mol. The summed E-state index contributed by atoms with van der Waals surface area (Å²) in [5, 5.41) is 13.5. The van der Waals surface area contributed by atoms with Crippen molar-refractivity contribution in [3.05, 3.63) is 74.4 Å². The summed E-state index contributed by atoms with van der Waals surface area (Å²) in [6.07, 6.45) is 1.09. The lowest BCUT2D eigenvalue weighted by molar-refractivity contribution is -0.384. The molecule has 0 unspecified atom stereocenters. The Morgan fingerprint density at radius 1 is 1.11 bits per heavy atom. The van der Waals surface area contributed by atoms with E-state index in [0.29, 0.717) is 0 Å². The molecule has 3 aromatic rings. The maximum atomic E-state index is 12.6. The van der Waals surface area contributed by atoms with Crippen LogP contribution < -0.4 is 5.32 Å². The fourth-order valence-corrected chi connectivity index (χ4v) is 5.18. The van der Waals surface area contributed by atoms with Gasteiger partial charge in [0.15, 0.2) is 5.13 Å². The van der Waals surface area contributed by atoms with Crippen LogP contribution in [0.3, 0.4) is 0 Å². The van der Waals surface area contributed by atoms with Crippen LogP contribution in [0.2, 0.25) is 10.0 Å². The number of benzene rings is 2. The van der Waals surface area contributed by atoms with Gasteiger partial charge in [-0.05, 0) is 24.3 Å². The number of carbonyl (C=O) groups is 1. The van der Waals surface area contributed by atoms with Gasteiger partial charge in [0, 0.05) is 12.1 Å². The van der Waals surface area contributed by atoms with E-state index in [1.54, 1.807) is 6.07 Å². The average Bonchev–Trinajstić information content (AvgIpc) is 3.11. The van der Waals surface area contributed by atoms with Crippen LogP contribution >= 0.6 is 34.5 Å². The third-order valence-corrected chi connectivity index (χ3v) is 7.29. The number of nitro benzene ring substituents is 1. The zero-order chi connectivity index (χ0) is 20.5. The molecule has 0 fully saturated rings. The van der Waals surface area contributed by atoms with Crippen molar-refractivity contribution in [1.82, 2.24) is 4.98 Å². The molecular weight excluding hydrogens is 449 g/mol. The Kier molecular flexibility index (Phi) is 5.66. The molecule has 0 aliphatic rings. The first-order valence-electron chi connectivity index (χ1n) is 7.41. The Labute approximate surface area is 172 Å². The van der Waals surface area contributed by atoms with Crippen LogP contribution in [0, 0.1) is 10.1 Å². The molecule has 3 rings (SSSR count). The van der Waals surface area contributed by atoms with Crippen molar-refractivity contribution in [2.24, 2.45) is 0 Å². The number of non-ortho nitro benzene ring substituents is 1. The van der Waals surface area contributed by atoms with E-state index in [0.717, 1.165) is 41.8 Å². The molecule has 1 aromatic heterocycles. The first-order chi connectivity index (χ1) is 13.2. The number of nitro groups is 1. The second-order valence-electron chi connectivity index (χ2n) is 5.29. The standard InChI is InChI=1S/C16H9Cl2N3O5S2/c17-11-2-1-3-12(18)14(11)15(22)20-16-19-8-13(27-16)28(25,26)10-6-4-9(5-7-10)21(23)24/h1-8H,(H,19,20,22). The van der Waals surface area contributed by atoms with Gasteiger partial charge in [-0.25, -0.2) is 13.4 Å². The Morgan fingerprint density at radius 3 is 2.29 bits per heavy atom. The van der Waals surface area contributed by atoms with Crippen molar-refractivity contribution in [1.29, 1.82) is 0 Å². The Morgan fingerprint density at radius 2 is 1.71 bits per heavy atom. The van der Waals surface area contributed by atoms with Crippen LogP contribution in [-0.2, 0) is 9.84 Å². The van der Waals surface area contributed by atoms with Crippen molar-refractivity contribution in [2.75, 3.05) is 5.32 Å². The quantitative estimate of drug-likeness (QED) is 0.446. The van der Waals surface area contributed by atoms with Gasteiger partial charge in [-0.3, -0.25) is 20.2 Å². The molecule has 0 saturated heterocycles. The zero-order valence-corrected chi connectivity index (χ0v) is 16.8. The summed E-state index contributed by atoms with van der Waals surface area (Å²) in [6, 6.07) is 9.03. The molecule has 1 heterocycles. The average molecular weight is 458 g/mol. The number of hydrogen-bond acceptors (Lipinski definition) is 7. The van der Waals surface area contributed by atoms with E-state index >= 15 is 0 Å². The number of carbonyl (C=O) groups excluding carboxylic acids is 1. The summed E-state index contributed by atoms with van der Waals surface area (Å²) in [7, 11) is -3.95. The fraction of sp³-hybridized carbons (Fsp3) is 0. The number of hydrogen-bond donors (Lipinski definition) is 1. The monoisotopic (exact) mass is 457 g/mol. The summed E-state index contributed by atoms with van der Waals surface area (Å²) < 4.78 is 25.1. The molecule has 0 radical (unpaired) electrons. The number of halogens is 2. The predicted octanol–water partition coefficient (Wildman–Crippen LogP) is 4.44. The second-order valence-corrected chi connectivity index (χ2v) is 9.31. The van der Waals surface area contributed by atoms with Gasteiger partial charge >= 0.3 is 0 Å². The van der Waals surface area contributed by atoms with E-state index in [-0.39, 0.29) is 35.5 Å². The van der Waals surface area contributed by atoms with E-state index in [2.05, 4.69) is 10.3 Å². The highest BCUT2D eigenvalue weighted by Gasteiger charge is 2.23. The van der Waals surface area contributed by atoms with Gasteiger partial charge in [-0.2, -0.15) is 0 Å². The molecule has 2 aromatic carbocycles. The van der Waals surface area contributed by atoms with E-state index in [4.69, 9.17) is 23.2 Å². The molecule has 12 heteroatoms. The van der Waals surface area contributed by atoms with Crippen LogP contribution in [0.4, 0.5) is 10.8 Å². The summed E-state index contributed by atoms with van der Waals surface area (Å²) >= 11 is 12.7. The van der Waals surface area contributed by atoms with Gasteiger partial charge in [0.2, 0.25) is 9.84 Å². The molecule has 0 saturated carbocycles. The van der Waals surface area contributed by atoms with Gasteiger partial charge in [-0.1, -0.05) is 40.6 Å². The highest BCUT2D eigenvalue weighted by Crippen LogP contribution is 2.31. The molecular formula is C16H9Cl2N3O5S2. The molecule has 0 spiro atoms. The fourth-order valence-electron chi connectivity index (χ4n) is 2.18. The molecule has 28 heavy (non-hydrogen) atoms. The lowest BCUT2D eigenvalue weighted by Gasteiger charge is -2.05. The molecule has 144 valence electrons. The molecule has 8 nitrogen and oxygen atoms in total. The van der Waals surface area contributed by atoms with Crippen molar-refractivity contribution in [2.45, 2.75) is 9.10 Å². The van der Waals surface area contributed by atoms with Crippen molar-refractivity contribution < 1.29 is 18.1 Å². The number of nitrogens with one attached hydrogen (secondary N) is 1. The third kappa shape index (κ3) is 3.99. The van der Waals surface area contributed by atoms with Gasteiger partial charge in [0.05, 0.1) is 31.6 Å². The van der Waals surface area contributed by atoms with Crippen LogP contribution in [0.25, 0.3) is 0 Å². The molecule has 1 amide bonds. The summed E-state index contributed by atoms with van der Waals surface area (Å²) in [5.74, 6) is -0.635. The zero-order valence-electron chi connectivity index (χ0n) is 13.6. The smallest absolute Gasteiger partial charge is 0.269 e. The Hall–Kier alpha value is -2.53. The summed E-state index contributed by atoms with van der Waals surface area (Å²) in [6.45, 7) is 0. The maximum absolute atomic E-state index is 12.6. The highest BCUT2D eigenvalue weighted by atomic mass is 35.5. The minimum atomic E-state index is -3.95. The SMILES string of the molecule is O=C(Nc1ncc(S(=O)(=O)c2ccc([N+](=O)[O-])cc2)s1)c1c(Cl)cccc1Cl. The van der Waals surface area contributed by atoms with E-state index in [9.17, 15) is 23.3 Å². The van der Waals surface area contributed by atoms with Crippen LogP contribution in [0.1, 0.15) is 10.4 Å². The normalized spacial score (nSPS) is 11.2. The van der Waals surface area contributed by atoms with Gasteiger partial charge in [0.1, 0.15) is 4.21 Å². The Balaban J connectivity index is 1.85. The van der Waals surface area contributed by atoms with Gasteiger partial charge < -0.3 is 0 Å². The van der Waals surface area contributed by atoms with Gasteiger partial charge in [0.25, 0.3) is 11.6 Å². The molecule has 0 aliphatic carbocycles. The largest absolute Gasteiger partial charge is 0.298 e. The molecule has 0 bridgehead atoms. The lowest BCUT2D eigenvalue weighted by atomic mass is 10.2. The van der Waals surface area contributed by atoms with Crippen molar-refractivity contribution in [3.8, 4) is 0 Å². The number of aromatic nitrogens is 1. The second kappa shape index (κ2) is 7.84. The third-order valence-electron chi connectivity index (χ3n) is 3.52. The van der Waals surface area contributed by atoms with Crippen LogP contribution in [-0.4, -0.2) is 24.2 Å². The Bertz CT molecular complexity index is 1160. The van der Waals surface area contributed by atoms with Gasteiger partial charge in [-0.15, -0.1) is 0 Å². The van der Waals surface area contributed by atoms with Crippen molar-refractivity contribution >= 4 is 61.1 Å². The molecule has 1 N–H and O–H groups in total. The maximum Gasteiger partial charge on any atom is 0.269 e. The number of amides is 1. The minimum absolute atomic E-state index is 0.0291. The first kappa shape index (κ1) is 20.2. The minimum Gasteiger partial charge on any atom is -0.298 e. The topological polar surface area (TPSA) is 119 Å². The summed E-state index contributed by atoms with van der Waals surface area (Å²) in [4.78, 5) is 26.2. The van der Waals surface area contributed by atoms with E-state index in [1.807, 2.05) is 0 Å². The number of rotatable bonds is 5. The lowest BCUT2D eigenvalue weighted by Crippen LogP contribution is -2.12.